The van der Waals surface area contributed by atoms with E-state index in [1.165, 1.54) is 24.3 Å². The van der Waals surface area contributed by atoms with E-state index in [-0.39, 0.29) is 23.0 Å². The molecule has 30 heavy (non-hydrogen) atoms. The van der Waals surface area contributed by atoms with E-state index < -0.39 is 16.7 Å². The van der Waals surface area contributed by atoms with E-state index in [0.717, 1.165) is 6.08 Å². The molecule has 154 valence electrons. The van der Waals surface area contributed by atoms with E-state index in [1.54, 1.807) is 36.4 Å². The summed E-state index contributed by atoms with van der Waals surface area (Å²) >= 11 is 4.96. The molecule has 0 atom stereocenters. The van der Waals surface area contributed by atoms with Crippen LogP contribution in [0.2, 0.25) is 0 Å². The highest BCUT2D eigenvalue weighted by Gasteiger charge is 2.12. The Hall–Kier alpha value is -4.05. The Morgan fingerprint density at radius 3 is 2.67 bits per heavy atom. The maximum Gasteiger partial charge on any atom is 0.273 e. The summed E-state index contributed by atoms with van der Waals surface area (Å²) in [7, 11) is 0. The quantitative estimate of drug-likeness (QED) is 0.204. The number of thiocarbonyl (C=S) groups is 1. The van der Waals surface area contributed by atoms with Crippen LogP contribution in [0.3, 0.4) is 0 Å². The fourth-order valence-electron chi connectivity index (χ4n) is 2.21. The Kier molecular flexibility index (Phi) is 8.21. The van der Waals surface area contributed by atoms with Crippen molar-refractivity contribution in [2.45, 2.75) is 0 Å². The van der Waals surface area contributed by atoms with Gasteiger partial charge in [0.15, 0.2) is 5.11 Å². The number of benzene rings is 2. The maximum atomic E-state index is 12.3. The van der Waals surface area contributed by atoms with Crippen LogP contribution in [0.5, 0.6) is 5.75 Å². The fraction of sp³-hybridized carbons (Fsp3) is 0.0500. The smallest absolute Gasteiger partial charge is 0.273 e. The number of hydrazine groups is 1. The molecule has 0 heterocycles. The van der Waals surface area contributed by atoms with Crippen molar-refractivity contribution in [1.29, 1.82) is 0 Å². The van der Waals surface area contributed by atoms with Crippen molar-refractivity contribution in [3.63, 3.8) is 0 Å². The topological polar surface area (TPSA) is 123 Å². The van der Waals surface area contributed by atoms with Gasteiger partial charge >= 0.3 is 0 Å². The lowest BCUT2D eigenvalue weighted by atomic mass is 10.2. The summed E-state index contributed by atoms with van der Waals surface area (Å²) in [4.78, 5) is 34.5. The molecular weight excluding hydrogens is 408 g/mol. The van der Waals surface area contributed by atoms with Crippen LogP contribution in [0.25, 0.3) is 6.08 Å². The minimum absolute atomic E-state index is 0.0881. The molecule has 0 saturated carbocycles. The van der Waals surface area contributed by atoms with Crippen LogP contribution in [0, 0.1) is 10.1 Å². The molecule has 0 aliphatic rings. The summed E-state index contributed by atoms with van der Waals surface area (Å²) in [5, 5.41) is 13.0. The zero-order valence-corrected chi connectivity index (χ0v) is 16.5. The number of non-ortho nitro benzene ring substituents is 1. The maximum absolute atomic E-state index is 12.3. The molecule has 0 aromatic heterocycles. The molecule has 0 aliphatic carbocycles. The Morgan fingerprint density at radius 1 is 1.17 bits per heavy atom. The zero-order chi connectivity index (χ0) is 21.9. The zero-order valence-electron chi connectivity index (χ0n) is 15.7. The average Bonchev–Trinajstić information content (AvgIpc) is 2.75. The third-order valence-electron chi connectivity index (χ3n) is 3.52. The van der Waals surface area contributed by atoms with E-state index >= 15 is 0 Å². The first-order chi connectivity index (χ1) is 14.4. The highest BCUT2D eigenvalue weighted by Crippen LogP contribution is 2.17. The summed E-state index contributed by atoms with van der Waals surface area (Å²) in [5.41, 5.74) is 5.44. The Morgan fingerprint density at radius 2 is 1.93 bits per heavy atom. The molecule has 0 radical (unpaired) electrons. The first-order valence-electron chi connectivity index (χ1n) is 8.57. The molecule has 0 fully saturated rings. The molecule has 3 N–H and O–H groups in total. The van der Waals surface area contributed by atoms with E-state index in [9.17, 15) is 19.7 Å². The van der Waals surface area contributed by atoms with Gasteiger partial charge in [-0.1, -0.05) is 36.9 Å². The molecular formula is C20H18N4O5S. The standard InChI is InChI=1S/C20H18N4O5S/c1-2-12-29-17-9-4-3-8-16(17)19(26)22-23-20(30)21-18(25)11-10-14-6-5-7-15(13-14)24(27)28/h2-11,13H,1,12H2,(H,22,26)(H2,21,23,25,30)/b11-10+. The van der Waals surface area contributed by atoms with Crippen LogP contribution < -0.4 is 20.9 Å². The lowest BCUT2D eigenvalue weighted by Gasteiger charge is -2.12. The van der Waals surface area contributed by atoms with Crippen molar-refractivity contribution < 1.29 is 19.2 Å². The summed E-state index contributed by atoms with van der Waals surface area (Å²) < 4.78 is 5.42. The number of nitro groups is 1. The molecule has 0 unspecified atom stereocenters. The van der Waals surface area contributed by atoms with Gasteiger partial charge in [-0.25, -0.2) is 0 Å². The Balaban J connectivity index is 1.88. The highest BCUT2D eigenvalue weighted by atomic mass is 32.1. The molecule has 10 heteroatoms. The predicted octanol–water partition coefficient (Wildman–Crippen LogP) is 2.51. The monoisotopic (exact) mass is 426 g/mol. The second kappa shape index (κ2) is 11.1. The summed E-state index contributed by atoms with van der Waals surface area (Å²) in [6.45, 7) is 3.79. The third kappa shape index (κ3) is 6.84. The van der Waals surface area contributed by atoms with Crippen LogP contribution >= 0.6 is 12.2 Å². The largest absolute Gasteiger partial charge is 0.489 e. The van der Waals surface area contributed by atoms with Gasteiger partial charge in [-0.3, -0.25) is 35.9 Å². The molecule has 0 spiro atoms. The second-order valence-corrected chi connectivity index (χ2v) is 6.09. The number of hydrogen-bond acceptors (Lipinski definition) is 6. The Bertz CT molecular complexity index is 1010. The lowest BCUT2D eigenvalue weighted by molar-refractivity contribution is -0.384. The van der Waals surface area contributed by atoms with Gasteiger partial charge < -0.3 is 4.74 Å². The number of hydrogen-bond donors (Lipinski definition) is 3. The third-order valence-corrected chi connectivity index (χ3v) is 3.73. The summed E-state index contributed by atoms with van der Waals surface area (Å²) in [6, 6.07) is 12.4. The van der Waals surface area contributed by atoms with E-state index in [2.05, 4.69) is 22.7 Å². The number of carbonyl (C=O) groups is 2. The van der Waals surface area contributed by atoms with Crippen molar-refractivity contribution in [3.8, 4) is 5.75 Å². The van der Waals surface area contributed by atoms with Crippen molar-refractivity contribution in [3.05, 3.63) is 88.5 Å². The number of nitrogens with one attached hydrogen (secondary N) is 3. The van der Waals surface area contributed by atoms with Crippen molar-refractivity contribution in [2.24, 2.45) is 0 Å². The van der Waals surface area contributed by atoms with Gasteiger partial charge in [0.2, 0.25) is 5.91 Å². The van der Waals surface area contributed by atoms with Crippen LogP contribution in [0.15, 0.2) is 67.3 Å². The van der Waals surface area contributed by atoms with Crippen LogP contribution in [0.4, 0.5) is 5.69 Å². The van der Waals surface area contributed by atoms with Gasteiger partial charge in [-0.05, 0) is 36.0 Å². The number of amides is 2. The minimum Gasteiger partial charge on any atom is -0.489 e. The van der Waals surface area contributed by atoms with Gasteiger partial charge in [-0.15, -0.1) is 0 Å². The highest BCUT2D eigenvalue weighted by molar-refractivity contribution is 7.80. The SMILES string of the molecule is C=CCOc1ccccc1C(=O)NNC(=S)NC(=O)/C=C/c1cccc([N+](=O)[O-])c1. The molecule has 9 nitrogen and oxygen atoms in total. The number of ether oxygens (including phenoxy) is 1. The van der Waals surface area contributed by atoms with Crippen molar-refractivity contribution in [2.75, 3.05) is 6.61 Å². The molecule has 0 saturated heterocycles. The molecule has 2 rings (SSSR count). The molecule has 2 aromatic rings. The van der Waals surface area contributed by atoms with Crippen molar-refractivity contribution >= 4 is 40.9 Å². The van der Waals surface area contributed by atoms with Crippen LogP contribution in [0.1, 0.15) is 15.9 Å². The molecule has 2 amide bonds. The average molecular weight is 426 g/mol. The number of nitro benzene ring substituents is 1. The Labute approximate surface area is 177 Å². The van der Waals surface area contributed by atoms with Gasteiger partial charge in [0, 0.05) is 18.2 Å². The van der Waals surface area contributed by atoms with Gasteiger partial charge in [0.25, 0.3) is 11.6 Å². The van der Waals surface area contributed by atoms with E-state index in [1.807, 2.05) is 0 Å². The van der Waals surface area contributed by atoms with Gasteiger partial charge in [-0.2, -0.15) is 0 Å². The van der Waals surface area contributed by atoms with Gasteiger partial charge in [0.05, 0.1) is 10.5 Å². The van der Waals surface area contributed by atoms with E-state index in [0.29, 0.717) is 11.3 Å². The number of carbonyl (C=O) groups excluding carboxylic acids is 2. The molecule has 0 aliphatic heterocycles. The fourth-order valence-corrected chi connectivity index (χ4v) is 2.36. The van der Waals surface area contributed by atoms with Crippen LogP contribution in [-0.4, -0.2) is 28.5 Å². The minimum atomic E-state index is -0.581. The number of rotatable bonds is 7. The summed E-state index contributed by atoms with van der Waals surface area (Å²) in [6.07, 6.45) is 4.11. The van der Waals surface area contributed by atoms with E-state index in [4.69, 9.17) is 17.0 Å². The normalized spacial score (nSPS) is 10.1. The first kappa shape index (κ1) is 22.2. The predicted molar refractivity (Wildman–Crippen MR) is 116 cm³/mol. The van der Waals surface area contributed by atoms with Gasteiger partial charge in [0.1, 0.15) is 12.4 Å². The molecule has 0 bridgehead atoms. The van der Waals surface area contributed by atoms with Crippen LogP contribution in [-0.2, 0) is 4.79 Å². The summed E-state index contributed by atoms with van der Waals surface area (Å²) in [5.74, 6) is -0.729. The molecule has 2 aromatic carbocycles. The van der Waals surface area contributed by atoms with Crippen molar-refractivity contribution in [1.82, 2.24) is 16.2 Å². The second-order valence-electron chi connectivity index (χ2n) is 5.68. The number of nitrogens with zero attached hydrogens (tertiary/aromatic N) is 1. The number of para-hydroxylation sites is 1. The lowest BCUT2D eigenvalue weighted by Crippen LogP contribution is -2.48. The first-order valence-corrected chi connectivity index (χ1v) is 8.98.